The first-order chi connectivity index (χ1) is 7.63. The van der Waals surface area contributed by atoms with E-state index in [1.807, 2.05) is 0 Å². The lowest BCUT2D eigenvalue weighted by atomic mass is 10.3. The van der Waals surface area contributed by atoms with E-state index in [-0.39, 0.29) is 4.90 Å². The molecule has 7 nitrogen and oxygen atoms in total. The molecule has 0 radical (unpaired) electrons. The number of phosphoric acid groups is 1. The van der Waals surface area contributed by atoms with E-state index in [1.54, 1.807) is 0 Å². The number of nitrogen functional groups attached to an aromatic ring is 1. The van der Waals surface area contributed by atoms with Crippen molar-refractivity contribution in [2.24, 2.45) is 0 Å². The summed E-state index contributed by atoms with van der Waals surface area (Å²) in [6.07, 6.45) is 0. The second-order valence-electron chi connectivity index (χ2n) is 3.28. The molecule has 1 aromatic carbocycles. The molecule has 0 aliphatic heterocycles. The molecule has 0 amide bonds. The molecule has 0 aliphatic rings. The highest BCUT2D eigenvalue weighted by Gasteiger charge is 2.30. The molecule has 0 spiro atoms. The Morgan fingerprint density at radius 1 is 1.29 bits per heavy atom. The van der Waals surface area contributed by atoms with Crippen LogP contribution in [0.2, 0.25) is 0 Å². The maximum absolute atomic E-state index is 11.8. The lowest BCUT2D eigenvalue weighted by molar-refractivity contribution is 0.184. The number of benzene rings is 1. The quantitative estimate of drug-likeness (QED) is 0.541. The van der Waals surface area contributed by atoms with E-state index in [4.69, 9.17) is 15.5 Å². The molecule has 17 heavy (non-hydrogen) atoms. The van der Waals surface area contributed by atoms with Crippen LogP contribution in [0.25, 0.3) is 0 Å². The Labute approximate surface area is 98.4 Å². The number of hydrogen-bond donors (Lipinski definition) is 3. The van der Waals surface area contributed by atoms with Crippen LogP contribution in [0.15, 0.2) is 29.2 Å². The summed E-state index contributed by atoms with van der Waals surface area (Å²) in [5.74, 6) is 0. The van der Waals surface area contributed by atoms with Gasteiger partial charge in [0.15, 0.2) is 5.44 Å². The highest BCUT2D eigenvalue weighted by Crippen LogP contribution is 2.39. The summed E-state index contributed by atoms with van der Waals surface area (Å²) in [5.41, 5.74) is 4.13. The first-order valence-corrected chi connectivity index (χ1v) is 7.54. The molecule has 0 fully saturated rings. The molecule has 1 unspecified atom stereocenters. The van der Waals surface area contributed by atoms with Gasteiger partial charge in [-0.15, -0.1) is 0 Å². The van der Waals surface area contributed by atoms with Gasteiger partial charge >= 0.3 is 7.82 Å². The van der Waals surface area contributed by atoms with Crippen molar-refractivity contribution < 1.29 is 27.3 Å². The van der Waals surface area contributed by atoms with Gasteiger partial charge in [0.25, 0.3) is 0 Å². The van der Waals surface area contributed by atoms with E-state index >= 15 is 0 Å². The van der Waals surface area contributed by atoms with Crippen molar-refractivity contribution in [3.8, 4) is 0 Å². The van der Waals surface area contributed by atoms with Gasteiger partial charge in [0, 0.05) is 5.69 Å². The highest BCUT2D eigenvalue weighted by molar-refractivity contribution is 7.92. The Morgan fingerprint density at radius 2 is 1.76 bits per heavy atom. The number of hydrogen-bond acceptors (Lipinski definition) is 5. The van der Waals surface area contributed by atoms with E-state index in [1.165, 1.54) is 24.3 Å². The van der Waals surface area contributed by atoms with Crippen molar-refractivity contribution in [3.05, 3.63) is 24.3 Å². The molecule has 1 aromatic rings. The zero-order chi connectivity index (χ0) is 13.3. The normalized spacial score (nSPS) is 14.5. The number of phosphoric ester groups is 1. The van der Waals surface area contributed by atoms with Gasteiger partial charge in [0.05, 0.1) is 4.90 Å². The third kappa shape index (κ3) is 3.79. The molecule has 0 bridgehead atoms. The molecule has 0 saturated carbocycles. The lowest BCUT2D eigenvalue weighted by Gasteiger charge is -2.14. The molecule has 0 aliphatic carbocycles. The molecule has 96 valence electrons. The van der Waals surface area contributed by atoms with Crippen molar-refractivity contribution in [1.82, 2.24) is 0 Å². The molecule has 1 rings (SSSR count). The second kappa shape index (κ2) is 4.75. The molecule has 0 saturated heterocycles. The molecule has 1 atom stereocenters. The van der Waals surface area contributed by atoms with Crippen LogP contribution >= 0.6 is 7.82 Å². The fraction of sp³-hybridized carbons (Fsp3) is 0.250. The zero-order valence-electron chi connectivity index (χ0n) is 8.85. The Bertz CT molecular complexity index is 534. The van der Waals surface area contributed by atoms with E-state index < -0.39 is 23.1 Å². The topological polar surface area (TPSA) is 127 Å². The average Bonchev–Trinajstić information content (AvgIpc) is 2.15. The van der Waals surface area contributed by atoms with Gasteiger partial charge in [-0.2, -0.15) is 0 Å². The van der Waals surface area contributed by atoms with Crippen LogP contribution in [0.1, 0.15) is 6.92 Å². The van der Waals surface area contributed by atoms with Gasteiger partial charge in [-0.1, -0.05) is 0 Å². The first-order valence-electron chi connectivity index (χ1n) is 4.46. The Balaban J connectivity index is 3.03. The largest absolute Gasteiger partial charge is 0.470 e. The smallest absolute Gasteiger partial charge is 0.399 e. The fourth-order valence-electron chi connectivity index (χ4n) is 1.10. The summed E-state index contributed by atoms with van der Waals surface area (Å²) < 4.78 is 38.3. The van der Waals surface area contributed by atoms with Gasteiger partial charge in [-0.05, 0) is 31.2 Å². The van der Waals surface area contributed by atoms with Crippen LogP contribution in [0.3, 0.4) is 0 Å². The molecule has 4 N–H and O–H groups in total. The highest BCUT2D eigenvalue weighted by atomic mass is 32.2. The van der Waals surface area contributed by atoms with Gasteiger partial charge in [-0.25, -0.2) is 13.0 Å². The summed E-state index contributed by atoms with van der Waals surface area (Å²) >= 11 is 0. The van der Waals surface area contributed by atoms with E-state index in [2.05, 4.69) is 4.52 Å². The van der Waals surface area contributed by atoms with Crippen molar-refractivity contribution in [2.75, 3.05) is 5.73 Å². The average molecular weight is 281 g/mol. The fourth-order valence-corrected chi connectivity index (χ4v) is 3.17. The third-order valence-corrected chi connectivity index (χ3v) is 4.56. The van der Waals surface area contributed by atoms with E-state index in [0.29, 0.717) is 5.69 Å². The Morgan fingerprint density at radius 3 is 2.18 bits per heavy atom. The molecular formula is C8H12NO6PS. The first kappa shape index (κ1) is 14.1. The maximum atomic E-state index is 11.8. The van der Waals surface area contributed by atoms with Crippen LogP contribution in [0, 0.1) is 0 Å². The van der Waals surface area contributed by atoms with Gasteiger partial charge < -0.3 is 15.5 Å². The van der Waals surface area contributed by atoms with Crippen LogP contribution < -0.4 is 5.73 Å². The van der Waals surface area contributed by atoms with Crippen LogP contribution in [-0.2, 0) is 18.9 Å². The Hall–Kier alpha value is -0.920. The minimum Gasteiger partial charge on any atom is -0.399 e. The number of sulfone groups is 1. The number of anilines is 1. The van der Waals surface area contributed by atoms with E-state index in [9.17, 15) is 13.0 Å². The van der Waals surface area contributed by atoms with Crippen molar-refractivity contribution in [2.45, 2.75) is 17.3 Å². The van der Waals surface area contributed by atoms with Crippen molar-refractivity contribution in [3.63, 3.8) is 0 Å². The van der Waals surface area contributed by atoms with Gasteiger partial charge in [0.2, 0.25) is 9.84 Å². The SMILES string of the molecule is CC(OP(=O)(O)O)S(=O)(=O)c1ccc(N)cc1. The van der Waals surface area contributed by atoms with Gasteiger partial charge in [-0.3, -0.25) is 4.52 Å². The summed E-state index contributed by atoms with van der Waals surface area (Å²) in [6, 6.07) is 5.22. The zero-order valence-corrected chi connectivity index (χ0v) is 10.6. The molecule has 9 heteroatoms. The third-order valence-electron chi connectivity index (χ3n) is 1.93. The predicted molar refractivity (Wildman–Crippen MR) is 60.6 cm³/mol. The monoisotopic (exact) mass is 281 g/mol. The van der Waals surface area contributed by atoms with Crippen LogP contribution in [-0.4, -0.2) is 23.6 Å². The lowest BCUT2D eigenvalue weighted by Crippen LogP contribution is -2.20. The minimum absolute atomic E-state index is 0.118. The molecular weight excluding hydrogens is 269 g/mol. The second-order valence-corrected chi connectivity index (χ2v) is 6.69. The number of rotatable bonds is 4. The summed E-state index contributed by atoms with van der Waals surface area (Å²) in [6.45, 7) is 1.05. The minimum atomic E-state index is -4.85. The van der Waals surface area contributed by atoms with Gasteiger partial charge in [0.1, 0.15) is 0 Å². The van der Waals surface area contributed by atoms with Crippen LogP contribution in [0.5, 0.6) is 0 Å². The molecule has 0 aromatic heterocycles. The molecule has 0 heterocycles. The van der Waals surface area contributed by atoms with E-state index in [0.717, 1.165) is 6.92 Å². The Kier molecular flexibility index (Phi) is 3.95. The summed E-state index contributed by atoms with van der Waals surface area (Å²) in [7, 11) is -8.81. The summed E-state index contributed by atoms with van der Waals surface area (Å²) in [5, 5.41) is 0. The number of nitrogens with two attached hydrogens (primary N) is 1. The summed E-state index contributed by atoms with van der Waals surface area (Å²) in [4.78, 5) is 17.0. The van der Waals surface area contributed by atoms with Crippen molar-refractivity contribution >= 4 is 23.3 Å². The predicted octanol–water partition coefficient (Wildman–Crippen LogP) is 0.498. The standard InChI is InChI=1S/C8H12NO6PS/c1-6(15-16(10,11)12)17(13,14)8-4-2-7(9)3-5-8/h2-6H,9H2,1H3,(H2,10,11,12). The van der Waals surface area contributed by atoms with Crippen molar-refractivity contribution in [1.29, 1.82) is 0 Å². The van der Waals surface area contributed by atoms with Crippen LogP contribution in [0.4, 0.5) is 5.69 Å². The maximum Gasteiger partial charge on any atom is 0.470 e.